The van der Waals surface area contributed by atoms with Gasteiger partial charge in [0, 0.05) is 23.7 Å². The molecular formula is C20H23N. The van der Waals surface area contributed by atoms with Crippen LogP contribution >= 0.6 is 0 Å². The first-order valence-electron chi connectivity index (χ1n) is 8.19. The van der Waals surface area contributed by atoms with Crippen LogP contribution in [-0.4, -0.2) is 12.1 Å². The smallest absolute Gasteiger partial charge is 0.0409 e. The van der Waals surface area contributed by atoms with Gasteiger partial charge in [-0.3, -0.25) is 0 Å². The van der Waals surface area contributed by atoms with E-state index < -0.39 is 0 Å². The maximum Gasteiger partial charge on any atom is 0.0409 e. The van der Waals surface area contributed by atoms with Crippen LogP contribution < -0.4 is 4.90 Å². The molecule has 1 saturated heterocycles. The fourth-order valence-electron chi connectivity index (χ4n) is 4.36. The SMILES string of the molecule is C[C@@]12CCCCN1c1ccccc1[C@@H](c1ccccc1)C2. The Balaban J connectivity index is 1.85. The van der Waals surface area contributed by atoms with Crippen molar-refractivity contribution in [3.8, 4) is 0 Å². The predicted molar refractivity (Wildman–Crippen MR) is 88.9 cm³/mol. The van der Waals surface area contributed by atoms with Gasteiger partial charge in [-0.2, -0.15) is 0 Å². The maximum atomic E-state index is 2.69. The molecule has 0 saturated carbocycles. The Bertz CT molecular complexity index is 633. The Morgan fingerprint density at radius 1 is 0.952 bits per heavy atom. The standard InChI is InChI=1S/C20H23N/c1-20-13-7-8-14-21(20)19-12-6-5-11-17(19)18(15-20)16-9-3-2-4-10-16/h2-6,9-12,18H,7-8,13-15H2,1H3/t18-,20+/m1/s1. The summed E-state index contributed by atoms with van der Waals surface area (Å²) in [5, 5.41) is 0. The van der Waals surface area contributed by atoms with Crippen molar-refractivity contribution < 1.29 is 0 Å². The zero-order valence-corrected chi connectivity index (χ0v) is 12.8. The van der Waals surface area contributed by atoms with Crippen molar-refractivity contribution in [3.05, 3.63) is 65.7 Å². The van der Waals surface area contributed by atoms with Crippen LogP contribution in [0.3, 0.4) is 0 Å². The van der Waals surface area contributed by atoms with Gasteiger partial charge in [-0.1, -0.05) is 48.5 Å². The molecule has 2 aliphatic rings. The highest BCUT2D eigenvalue weighted by atomic mass is 15.2. The first kappa shape index (κ1) is 12.9. The highest BCUT2D eigenvalue weighted by Gasteiger charge is 2.42. The minimum absolute atomic E-state index is 0.326. The van der Waals surface area contributed by atoms with Gasteiger partial charge in [0.05, 0.1) is 0 Å². The topological polar surface area (TPSA) is 3.24 Å². The third-order valence-electron chi connectivity index (χ3n) is 5.45. The van der Waals surface area contributed by atoms with E-state index in [1.165, 1.54) is 49.0 Å². The van der Waals surface area contributed by atoms with Gasteiger partial charge in [0.25, 0.3) is 0 Å². The number of anilines is 1. The molecule has 4 rings (SSSR count). The Labute approximate surface area is 127 Å². The minimum Gasteiger partial charge on any atom is -0.366 e. The van der Waals surface area contributed by atoms with E-state index in [1.54, 1.807) is 0 Å². The van der Waals surface area contributed by atoms with E-state index in [-0.39, 0.29) is 0 Å². The van der Waals surface area contributed by atoms with Crippen LogP contribution in [0.1, 0.15) is 49.7 Å². The molecule has 2 atom stereocenters. The van der Waals surface area contributed by atoms with Crippen molar-refractivity contribution in [1.29, 1.82) is 0 Å². The lowest BCUT2D eigenvalue weighted by Crippen LogP contribution is -2.53. The van der Waals surface area contributed by atoms with E-state index >= 15 is 0 Å². The zero-order valence-electron chi connectivity index (χ0n) is 12.8. The summed E-state index contributed by atoms with van der Waals surface area (Å²) in [6.07, 6.45) is 5.27. The maximum absolute atomic E-state index is 2.69. The lowest BCUT2D eigenvalue weighted by atomic mass is 9.71. The third-order valence-corrected chi connectivity index (χ3v) is 5.45. The van der Waals surface area contributed by atoms with Crippen LogP contribution in [-0.2, 0) is 0 Å². The summed E-state index contributed by atoms with van der Waals surface area (Å²) >= 11 is 0. The van der Waals surface area contributed by atoms with Crippen LogP contribution in [0.5, 0.6) is 0 Å². The molecule has 2 aromatic carbocycles. The molecule has 0 amide bonds. The van der Waals surface area contributed by atoms with Crippen molar-refractivity contribution in [2.45, 2.75) is 44.1 Å². The quantitative estimate of drug-likeness (QED) is 0.711. The van der Waals surface area contributed by atoms with E-state index in [0.29, 0.717) is 11.5 Å². The van der Waals surface area contributed by atoms with Gasteiger partial charge >= 0.3 is 0 Å². The zero-order chi connectivity index (χ0) is 14.3. The summed E-state index contributed by atoms with van der Waals surface area (Å²) in [4.78, 5) is 2.69. The number of piperidine rings is 1. The fourth-order valence-corrected chi connectivity index (χ4v) is 4.36. The Kier molecular flexibility index (Phi) is 3.02. The van der Waals surface area contributed by atoms with Crippen LogP contribution in [0.15, 0.2) is 54.6 Å². The molecule has 1 fully saturated rings. The number of hydrogen-bond acceptors (Lipinski definition) is 1. The molecular weight excluding hydrogens is 254 g/mol. The first-order valence-corrected chi connectivity index (χ1v) is 8.19. The van der Waals surface area contributed by atoms with Crippen molar-refractivity contribution in [1.82, 2.24) is 0 Å². The molecule has 2 heterocycles. The molecule has 0 N–H and O–H groups in total. The summed E-state index contributed by atoms with van der Waals surface area (Å²) in [5.41, 5.74) is 4.78. The van der Waals surface area contributed by atoms with Gasteiger partial charge in [-0.25, -0.2) is 0 Å². The molecule has 0 unspecified atom stereocenters. The number of hydrogen-bond donors (Lipinski definition) is 0. The van der Waals surface area contributed by atoms with E-state index in [0.717, 1.165) is 0 Å². The van der Waals surface area contributed by atoms with Crippen LogP contribution in [0, 0.1) is 0 Å². The number of benzene rings is 2. The third kappa shape index (κ3) is 2.07. The van der Waals surface area contributed by atoms with Gasteiger partial charge < -0.3 is 4.90 Å². The van der Waals surface area contributed by atoms with Gasteiger partial charge in [0.2, 0.25) is 0 Å². The van der Waals surface area contributed by atoms with E-state index in [9.17, 15) is 0 Å². The normalized spacial score (nSPS) is 27.9. The molecule has 2 aliphatic heterocycles. The largest absolute Gasteiger partial charge is 0.366 e. The number of para-hydroxylation sites is 1. The van der Waals surface area contributed by atoms with Gasteiger partial charge in [-0.15, -0.1) is 0 Å². The molecule has 1 nitrogen and oxygen atoms in total. The van der Waals surface area contributed by atoms with Gasteiger partial charge in [0.15, 0.2) is 0 Å². The first-order chi connectivity index (χ1) is 10.3. The predicted octanol–water partition coefficient (Wildman–Crippen LogP) is 4.97. The summed E-state index contributed by atoms with van der Waals surface area (Å²) in [7, 11) is 0. The van der Waals surface area contributed by atoms with Crippen molar-refractivity contribution in [2.75, 3.05) is 11.4 Å². The average Bonchev–Trinajstić information content (AvgIpc) is 2.54. The monoisotopic (exact) mass is 277 g/mol. The second-order valence-corrected chi connectivity index (χ2v) is 6.83. The Hall–Kier alpha value is -1.76. The molecule has 21 heavy (non-hydrogen) atoms. The number of rotatable bonds is 1. The lowest BCUT2D eigenvalue weighted by Gasteiger charge is -2.52. The van der Waals surface area contributed by atoms with E-state index in [1.807, 2.05) is 0 Å². The van der Waals surface area contributed by atoms with Gasteiger partial charge in [-0.05, 0) is 49.8 Å². The molecule has 0 bridgehead atoms. The van der Waals surface area contributed by atoms with E-state index in [2.05, 4.69) is 66.4 Å². The molecule has 0 aliphatic carbocycles. The molecule has 1 heteroatoms. The minimum atomic E-state index is 0.326. The van der Waals surface area contributed by atoms with Crippen molar-refractivity contribution in [2.24, 2.45) is 0 Å². The summed E-state index contributed by atoms with van der Waals surface area (Å²) in [5.74, 6) is 0.543. The van der Waals surface area contributed by atoms with Crippen molar-refractivity contribution >= 4 is 5.69 Å². The second-order valence-electron chi connectivity index (χ2n) is 6.83. The Morgan fingerprint density at radius 2 is 1.71 bits per heavy atom. The van der Waals surface area contributed by atoms with Crippen LogP contribution in [0.4, 0.5) is 5.69 Å². The van der Waals surface area contributed by atoms with Gasteiger partial charge in [0.1, 0.15) is 0 Å². The number of nitrogens with zero attached hydrogens (tertiary/aromatic N) is 1. The highest BCUT2D eigenvalue weighted by Crippen LogP contribution is 2.49. The summed E-state index contributed by atoms with van der Waals surface area (Å²) in [6, 6.07) is 20.1. The highest BCUT2D eigenvalue weighted by molar-refractivity contribution is 5.62. The summed E-state index contributed by atoms with van der Waals surface area (Å²) in [6.45, 7) is 3.69. The fraction of sp³-hybridized carbons (Fsp3) is 0.400. The van der Waals surface area contributed by atoms with Crippen LogP contribution in [0.2, 0.25) is 0 Å². The molecule has 108 valence electrons. The Morgan fingerprint density at radius 3 is 2.57 bits per heavy atom. The summed E-state index contributed by atoms with van der Waals surface area (Å²) < 4.78 is 0. The number of fused-ring (bicyclic) bond motifs is 3. The average molecular weight is 277 g/mol. The molecule has 0 aromatic heterocycles. The molecule has 0 spiro atoms. The van der Waals surface area contributed by atoms with Crippen molar-refractivity contribution in [3.63, 3.8) is 0 Å². The molecule has 2 aromatic rings. The molecule has 0 radical (unpaired) electrons. The second kappa shape index (κ2) is 4.91. The lowest BCUT2D eigenvalue weighted by molar-refractivity contribution is 0.289. The van der Waals surface area contributed by atoms with Crippen LogP contribution in [0.25, 0.3) is 0 Å². The van der Waals surface area contributed by atoms with E-state index in [4.69, 9.17) is 0 Å².